The molecule has 1 aliphatic carbocycles. The number of ether oxygens (including phenoxy) is 2. The SMILES string of the molecule is COc1ccc(OC[C@@H]2[C@@H](c3ccc(Br)cc3)C2(C)C)cn1. The van der Waals surface area contributed by atoms with E-state index in [2.05, 4.69) is 59.0 Å². The van der Waals surface area contributed by atoms with E-state index >= 15 is 0 Å². The first-order valence-corrected chi connectivity index (χ1v) is 8.20. The highest BCUT2D eigenvalue weighted by Crippen LogP contribution is 2.64. The molecule has 0 bridgehead atoms. The largest absolute Gasteiger partial charge is 0.492 e. The number of benzene rings is 1. The molecule has 0 aliphatic heterocycles. The molecule has 1 aliphatic rings. The van der Waals surface area contributed by atoms with E-state index in [1.807, 2.05) is 12.1 Å². The molecule has 0 amide bonds. The molecule has 2 aromatic rings. The van der Waals surface area contributed by atoms with Crippen molar-refractivity contribution in [3.05, 3.63) is 52.6 Å². The Morgan fingerprint density at radius 3 is 2.45 bits per heavy atom. The van der Waals surface area contributed by atoms with Gasteiger partial charge in [0.25, 0.3) is 0 Å². The number of nitrogens with zero attached hydrogens (tertiary/aromatic N) is 1. The summed E-state index contributed by atoms with van der Waals surface area (Å²) < 4.78 is 12.1. The van der Waals surface area contributed by atoms with Gasteiger partial charge < -0.3 is 9.47 Å². The maximum atomic E-state index is 5.91. The van der Waals surface area contributed by atoms with Crippen LogP contribution in [0.25, 0.3) is 0 Å². The molecule has 0 N–H and O–H groups in total. The Morgan fingerprint density at radius 2 is 1.86 bits per heavy atom. The molecule has 116 valence electrons. The number of hydrogen-bond acceptors (Lipinski definition) is 3. The van der Waals surface area contributed by atoms with Crippen molar-refractivity contribution in [1.29, 1.82) is 0 Å². The number of rotatable bonds is 5. The predicted molar refractivity (Wildman–Crippen MR) is 90.4 cm³/mol. The van der Waals surface area contributed by atoms with Gasteiger partial charge >= 0.3 is 0 Å². The highest BCUT2D eigenvalue weighted by Gasteiger charge is 2.58. The topological polar surface area (TPSA) is 31.4 Å². The number of halogens is 1. The first-order valence-electron chi connectivity index (χ1n) is 7.40. The van der Waals surface area contributed by atoms with E-state index in [1.54, 1.807) is 13.3 Å². The summed E-state index contributed by atoms with van der Waals surface area (Å²) in [6.45, 7) is 5.32. The van der Waals surface area contributed by atoms with Crippen LogP contribution in [0.15, 0.2) is 47.1 Å². The molecule has 0 unspecified atom stereocenters. The normalized spacial score (nSPS) is 22.2. The van der Waals surface area contributed by atoms with E-state index in [0.717, 1.165) is 10.2 Å². The van der Waals surface area contributed by atoms with Gasteiger partial charge in [0.1, 0.15) is 5.75 Å². The zero-order valence-corrected chi connectivity index (χ0v) is 14.6. The first kappa shape index (κ1) is 15.3. The van der Waals surface area contributed by atoms with E-state index in [0.29, 0.717) is 24.3 Å². The van der Waals surface area contributed by atoms with Crippen LogP contribution < -0.4 is 9.47 Å². The average Bonchev–Trinajstić information content (AvgIpc) is 3.07. The second-order valence-electron chi connectivity index (χ2n) is 6.30. The van der Waals surface area contributed by atoms with Gasteiger partial charge in [-0.25, -0.2) is 4.98 Å². The van der Waals surface area contributed by atoms with Crippen molar-refractivity contribution in [2.24, 2.45) is 11.3 Å². The predicted octanol–water partition coefficient (Wildman–Crippen LogP) is 4.67. The molecule has 1 saturated carbocycles. The van der Waals surface area contributed by atoms with Crippen molar-refractivity contribution in [3.63, 3.8) is 0 Å². The van der Waals surface area contributed by atoms with Gasteiger partial charge in [-0.15, -0.1) is 0 Å². The zero-order valence-electron chi connectivity index (χ0n) is 13.0. The Kier molecular flexibility index (Phi) is 4.13. The van der Waals surface area contributed by atoms with Crippen molar-refractivity contribution >= 4 is 15.9 Å². The van der Waals surface area contributed by atoms with Crippen LogP contribution in [0.2, 0.25) is 0 Å². The molecule has 0 saturated heterocycles. The molecular formula is C18H20BrNO2. The van der Waals surface area contributed by atoms with Gasteiger partial charge in [-0.2, -0.15) is 0 Å². The van der Waals surface area contributed by atoms with Gasteiger partial charge in [-0.3, -0.25) is 0 Å². The second kappa shape index (κ2) is 5.92. The van der Waals surface area contributed by atoms with Crippen molar-refractivity contribution in [2.75, 3.05) is 13.7 Å². The third-order valence-electron chi connectivity index (χ3n) is 4.63. The molecule has 22 heavy (non-hydrogen) atoms. The smallest absolute Gasteiger partial charge is 0.213 e. The maximum absolute atomic E-state index is 5.91. The zero-order chi connectivity index (χ0) is 15.7. The minimum Gasteiger partial charge on any atom is -0.492 e. The highest BCUT2D eigenvalue weighted by atomic mass is 79.9. The number of aromatic nitrogens is 1. The summed E-state index contributed by atoms with van der Waals surface area (Å²) in [5.41, 5.74) is 1.66. The molecule has 0 spiro atoms. The van der Waals surface area contributed by atoms with Gasteiger partial charge in [0.15, 0.2) is 0 Å². The van der Waals surface area contributed by atoms with Crippen molar-refractivity contribution in [2.45, 2.75) is 19.8 Å². The van der Waals surface area contributed by atoms with Crippen LogP contribution >= 0.6 is 15.9 Å². The molecule has 2 atom stereocenters. The van der Waals surface area contributed by atoms with Gasteiger partial charge in [0.05, 0.1) is 19.9 Å². The van der Waals surface area contributed by atoms with Crippen molar-refractivity contribution < 1.29 is 9.47 Å². The number of methoxy groups -OCH3 is 1. The van der Waals surface area contributed by atoms with Crippen molar-refractivity contribution in [3.8, 4) is 11.6 Å². The average molecular weight is 362 g/mol. The van der Waals surface area contributed by atoms with Gasteiger partial charge in [-0.1, -0.05) is 41.9 Å². The Morgan fingerprint density at radius 1 is 1.14 bits per heavy atom. The molecule has 1 fully saturated rings. The maximum Gasteiger partial charge on any atom is 0.213 e. The minimum absolute atomic E-state index is 0.272. The standard InChI is InChI=1S/C18H20BrNO2/c1-18(2)15(17(18)12-4-6-13(19)7-5-12)11-22-14-8-9-16(21-3)20-10-14/h4-10,15,17H,11H2,1-3H3/t15-,17-/m1/s1. The summed E-state index contributed by atoms with van der Waals surface area (Å²) in [7, 11) is 1.61. The lowest BCUT2D eigenvalue weighted by molar-refractivity contribution is 0.277. The Hall–Kier alpha value is -1.55. The fraction of sp³-hybridized carbons (Fsp3) is 0.389. The minimum atomic E-state index is 0.272. The Balaban J connectivity index is 1.64. The Bertz CT molecular complexity index is 637. The first-order chi connectivity index (χ1) is 10.5. The van der Waals surface area contributed by atoms with Crippen LogP contribution in [0.4, 0.5) is 0 Å². The summed E-state index contributed by atoms with van der Waals surface area (Å²) in [4.78, 5) is 4.17. The van der Waals surface area contributed by atoms with E-state index in [1.165, 1.54) is 5.56 Å². The monoisotopic (exact) mass is 361 g/mol. The quantitative estimate of drug-likeness (QED) is 0.775. The summed E-state index contributed by atoms with van der Waals surface area (Å²) in [6.07, 6.45) is 1.71. The molecule has 1 aromatic heterocycles. The van der Waals surface area contributed by atoms with Crippen LogP contribution in [0.1, 0.15) is 25.3 Å². The van der Waals surface area contributed by atoms with Gasteiger partial charge in [0.2, 0.25) is 5.88 Å². The molecule has 4 heteroatoms. The summed E-state index contributed by atoms with van der Waals surface area (Å²) in [5.74, 6) is 2.47. The molecular weight excluding hydrogens is 342 g/mol. The third kappa shape index (κ3) is 2.98. The van der Waals surface area contributed by atoms with Crippen LogP contribution in [0, 0.1) is 11.3 Å². The molecule has 1 aromatic carbocycles. The van der Waals surface area contributed by atoms with Crippen LogP contribution in [-0.2, 0) is 0 Å². The lowest BCUT2D eigenvalue weighted by Crippen LogP contribution is -2.04. The molecule has 1 heterocycles. The lowest BCUT2D eigenvalue weighted by atomic mass is 10.0. The molecule has 3 rings (SSSR count). The van der Waals surface area contributed by atoms with Crippen LogP contribution in [-0.4, -0.2) is 18.7 Å². The lowest BCUT2D eigenvalue weighted by Gasteiger charge is -2.07. The van der Waals surface area contributed by atoms with Crippen LogP contribution in [0.3, 0.4) is 0 Å². The van der Waals surface area contributed by atoms with Gasteiger partial charge in [0, 0.05) is 16.5 Å². The van der Waals surface area contributed by atoms with Gasteiger partial charge in [-0.05, 0) is 35.1 Å². The molecule has 0 radical (unpaired) electrons. The molecule has 3 nitrogen and oxygen atoms in total. The summed E-state index contributed by atoms with van der Waals surface area (Å²) in [5, 5.41) is 0. The fourth-order valence-electron chi connectivity index (χ4n) is 3.15. The Labute approximate surface area is 139 Å². The van der Waals surface area contributed by atoms with E-state index in [9.17, 15) is 0 Å². The second-order valence-corrected chi connectivity index (χ2v) is 7.22. The summed E-state index contributed by atoms with van der Waals surface area (Å²) >= 11 is 3.49. The number of pyridine rings is 1. The van der Waals surface area contributed by atoms with E-state index in [-0.39, 0.29) is 5.41 Å². The van der Waals surface area contributed by atoms with E-state index in [4.69, 9.17) is 9.47 Å². The van der Waals surface area contributed by atoms with Crippen LogP contribution in [0.5, 0.6) is 11.6 Å². The summed E-state index contributed by atoms with van der Waals surface area (Å²) in [6, 6.07) is 12.3. The van der Waals surface area contributed by atoms with Crippen molar-refractivity contribution in [1.82, 2.24) is 4.98 Å². The highest BCUT2D eigenvalue weighted by molar-refractivity contribution is 9.10. The number of hydrogen-bond donors (Lipinski definition) is 0. The van der Waals surface area contributed by atoms with E-state index < -0.39 is 0 Å². The third-order valence-corrected chi connectivity index (χ3v) is 5.16. The fourth-order valence-corrected chi connectivity index (χ4v) is 3.41.